The summed E-state index contributed by atoms with van der Waals surface area (Å²) in [5.74, 6) is 0.290. The molecule has 1 aromatic carbocycles. The Labute approximate surface area is 113 Å². The molecule has 8 heteroatoms. The zero-order chi connectivity index (χ0) is 14.7. The van der Waals surface area contributed by atoms with E-state index < -0.39 is 4.92 Å². The maximum Gasteiger partial charge on any atom is 0.273 e. The lowest BCUT2D eigenvalue weighted by atomic mass is 10.2. The van der Waals surface area contributed by atoms with Crippen molar-refractivity contribution < 1.29 is 9.66 Å². The van der Waals surface area contributed by atoms with E-state index in [4.69, 9.17) is 15.9 Å². The summed E-state index contributed by atoms with van der Waals surface area (Å²) >= 11 is 0. The average molecular weight is 273 g/mol. The number of nitrogens with two attached hydrogens (primary N) is 1. The molecule has 0 fully saturated rings. The summed E-state index contributed by atoms with van der Waals surface area (Å²) in [6.45, 7) is 1.76. The fourth-order valence-electron chi connectivity index (χ4n) is 1.43. The first-order chi connectivity index (χ1) is 9.47. The van der Waals surface area contributed by atoms with Gasteiger partial charge in [-0.15, -0.1) is 0 Å². The van der Waals surface area contributed by atoms with Gasteiger partial charge in [-0.3, -0.25) is 15.5 Å². The van der Waals surface area contributed by atoms with Crippen LogP contribution in [-0.4, -0.2) is 20.7 Å². The number of nitrogens with one attached hydrogen (secondary N) is 1. The molecule has 0 unspecified atom stereocenters. The molecule has 0 bridgehead atoms. The molecule has 3 N–H and O–H groups in total. The molecule has 1 heterocycles. The van der Waals surface area contributed by atoms with E-state index in [2.05, 4.69) is 9.97 Å². The number of aryl methyl sites for hydroxylation is 1. The van der Waals surface area contributed by atoms with Crippen molar-refractivity contribution in [3.63, 3.8) is 0 Å². The summed E-state index contributed by atoms with van der Waals surface area (Å²) in [5.41, 5.74) is 6.15. The van der Waals surface area contributed by atoms with E-state index in [1.165, 1.54) is 24.5 Å². The molecule has 0 radical (unpaired) electrons. The number of nitro benzene ring substituents is 1. The normalized spacial score (nSPS) is 10.1. The Kier molecular flexibility index (Phi) is 3.56. The third kappa shape index (κ3) is 2.86. The number of rotatable bonds is 4. The number of nitrogens with zero attached hydrogens (tertiary/aromatic N) is 3. The van der Waals surface area contributed by atoms with E-state index in [1.54, 1.807) is 13.0 Å². The summed E-state index contributed by atoms with van der Waals surface area (Å²) in [6.07, 6.45) is 2.60. The van der Waals surface area contributed by atoms with Gasteiger partial charge in [0, 0.05) is 6.07 Å². The molecule has 0 aliphatic rings. The summed E-state index contributed by atoms with van der Waals surface area (Å²) in [4.78, 5) is 18.0. The molecule has 0 amide bonds. The van der Waals surface area contributed by atoms with Gasteiger partial charge >= 0.3 is 0 Å². The van der Waals surface area contributed by atoms with Crippen LogP contribution < -0.4 is 10.5 Å². The fourth-order valence-corrected chi connectivity index (χ4v) is 1.43. The molecule has 2 rings (SSSR count). The summed E-state index contributed by atoms with van der Waals surface area (Å²) in [6, 6.07) is 4.30. The molecule has 0 aliphatic carbocycles. The first kappa shape index (κ1) is 13.4. The van der Waals surface area contributed by atoms with Crippen LogP contribution in [0.2, 0.25) is 0 Å². The number of ether oxygens (including phenoxy) is 1. The lowest BCUT2D eigenvalue weighted by molar-refractivity contribution is -0.384. The van der Waals surface area contributed by atoms with Gasteiger partial charge in [-0.2, -0.15) is 0 Å². The smallest absolute Gasteiger partial charge is 0.273 e. The zero-order valence-electron chi connectivity index (χ0n) is 10.5. The van der Waals surface area contributed by atoms with Crippen molar-refractivity contribution in [2.24, 2.45) is 5.73 Å². The fraction of sp³-hybridized carbons (Fsp3) is 0.0833. The van der Waals surface area contributed by atoms with E-state index in [0.29, 0.717) is 5.75 Å². The highest BCUT2D eigenvalue weighted by Gasteiger charge is 2.11. The van der Waals surface area contributed by atoms with E-state index in [0.717, 1.165) is 5.56 Å². The van der Waals surface area contributed by atoms with Crippen LogP contribution in [0.25, 0.3) is 0 Å². The summed E-state index contributed by atoms with van der Waals surface area (Å²) < 4.78 is 5.45. The molecule has 8 nitrogen and oxygen atoms in total. The molecule has 102 valence electrons. The maximum atomic E-state index is 10.7. The number of amidine groups is 1. The Morgan fingerprint density at radius 2 is 2.15 bits per heavy atom. The number of aromatic nitrogens is 2. The monoisotopic (exact) mass is 273 g/mol. The Morgan fingerprint density at radius 1 is 1.40 bits per heavy atom. The summed E-state index contributed by atoms with van der Waals surface area (Å²) in [5, 5.41) is 17.9. The third-order valence-electron chi connectivity index (χ3n) is 2.50. The molecule has 0 saturated heterocycles. The van der Waals surface area contributed by atoms with Crippen molar-refractivity contribution in [1.29, 1.82) is 5.41 Å². The van der Waals surface area contributed by atoms with Crippen molar-refractivity contribution in [3.8, 4) is 11.6 Å². The van der Waals surface area contributed by atoms with Crippen LogP contribution in [0.1, 0.15) is 11.3 Å². The predicted octanol–water partition coefficient (Wildman–Crippen LogP) is 1.77. The van der Waals surface area contributed by atoms with Crippen molar-refractivity contribution >= 4 is 11.5 Å². The predicted molar refractivity (Wildman–Crippen MR) is 71.0 cm³/mol. The number of nitro groups is 1. The molecule has 1 aromatic heterocycles. The topological polar surface area (TPSA) is 128 Å². The van der Waals surface area contributed by atoms with Crippen molar-refractivity contribution in [2.75, 3.05) is 0 Å². The summed E-state index contributed by atoms with van der Waals surface area (Å²) in [7, 11) is 0. The van der Waals surface area contributed by atoms with Crippen molar-refractivity contribution in [3.05, 3.63) is 52.0 Å². The van der Waals surface area contributed by atoms with Crippen LogP contribution in [-0.2, 0) is 0 Å². The van der Waals surface area contributed by atoms with Gasteiger partial charge in [0.25, 0.3) is 5.69 Å². The number of nitrogen functional groups attached to an aromatic ring is 1. The van der Waals surface area contributed by atoms with Crippen molar-refractivity contribution in [1.82, 2.24) is 9.97 Å². The van der Waals surface area contributed by atoms with E-state index in [9.17, 15) is 10.1 Å². The van der Waals surface area contributed by atoms with Gasteiger partial charge < -0.3 is 10.5 Å². The lowest BCUT2D eigenvalue weighted by Gasteiger charge is -2.07. The van der Waals surface area contributed by atoms with Gasteiger partial charge in [0.15, 0.2) is 0 Å². The molecule has 0 aliphatic heterocycles. The third-order valence-corrected chi connectivity index (χ3v) is 2.50. The highest BCUT2D eigenvalue weighted by atomic mass is 16.6. The molecule has 0 saturated carbocycles. The van der Waals surface area contributed by atoms with E-state index >= 15 is 0 Å². The van der Waals surface area contributed by atoms with Crippen LogP contribution in [0.15, 0.2) is 30.6 Å². The molecule has 0 spiro atoms. The molecule has 0 atom stereocenters. The van der Waals surface area contributed by atoms with Gasteiger partial charge in [0.05, 0.1) is 23.4 Å². The zero-order valence-corrected chi connectivity index (χ0v) is 10.5. The van der Waals surface area contributed by atoms with E-state index in [-0.39, 0.29) is 23.1 Å². The first-order valence-corrected chi connectivity index (χ1v) is 5.56. The van der Waals surface area contributed by atoms with Crippen LogP contribution >= 0.6 is 0 Å². The van der Waals surface area contributed by atoms with Crippen molar-refractivity contribution in [2.45, 2.75) is 6.92 Å². The number of hydrogen-bond donors (Lipinski definition) is 2. The number of hydrogen-bond acceptors (Lipinski definition) is 6. The Bertz CT molecular complexity index is 669. The number of non-ortho nitro benzene ring substituents is 1. The van der Waals surface area contributed by atoms with E-state index in [1.807, 2.05) is 0 Å². The second-order valence-electron chi connectivity index (χ2n) is 3.96. The molecule has 20 heavy (non-hydrogen) atoms. The highest BCUT2D eigenvalue weighted by Crippen LogP contribution is 2.27. The Morgan fingerprint density at radius 3 is 2.70 bits per heavy atom. The largest absolute Gasteiger partial charge is 0.437 e. The Hall–Kier alpha value is -3.03. The van der Waals surface area contributed by atoms with Crippen LogP contribution in [0.5, 0.6) is 11.6 Å². The van der Waals surface area contributed by atoms with Gasteiger partial charge in [-0.25, -0.2) is 9.97 Å². The lowest BCUT2D eigenvalue weighted by Crippen LogP contribution is -2.13. The van der Waals surface area contributed by atoms with Crippen LogP contribution in [0.4, 0.5) is 5.69 Å². The SMILES string of the molecule is Cc1ccc([N+](=O)[O-])cc1Oc1cnc(C(=N)N)cn1. The van der Waals surface area contributed by atoms with Crippen LogP contribution in [0, 0.1) is 22.4 Å². The minimum Gasteiger partial charge on any atom is -0.437 e. The minimum absolute atomic E-state index is 0.0704. The molecular formula is C12H11N5O3. The van der Waals surface area contributed by atoms with Gasteiger partial charge in [-0.1, -0.05) is 0 Å². The second-order valence-corrected chi connectivity index (χ2v) is 3.96. The standard InChI is InChI=1S/C12H11N5O3/c1-7-2-3-8(17(18)19)4-10(7)20-11-6-15-9(5-16-11)12(13)14/h2-6H,1H3,(H3,13,14). The first-order valence-electron chi connectivity index (χ1n) is 5.56. The minimum atomic E-state index is -0.503. The number of benzene rings is 1. The quantitative estimate of drug-likeness (QED) is 0.378. The van der Waals surface area contributed by atoms with Gasteiger partial charge in [-0.05, 0) is 18.6 Å². The maximum absolute atomic E-state index is 10.7. The second kappa shape index (κ2) is 5.31. The van der Waals surface area contributed by atoms with Gasteiger partial charge in [0.1, 0.15) is 17.3 Å². The van der Waals surface area contributed by atoms with Crippen LogP contribution in [0.3, 0.4) is 0 Å². The Balaban J connectivity index is 2.27. The molecular weight excluding hydrogens is 262 g/mol. The average Bonchev–Trinajstić information content (AvgIpc) is 2.41. The highest BCUT2D eigenvalue weighted by molar-refractivity contribution is 5.92. The molecule has 2 aromatic rings. The van der Waals surface area contributed by atoms with Gasteiger partial charge in [0.2, 0.25) is 5.88 Å².